The lowest BCUT2D eigenvalue weighted by atomic mass is 10.2. The maximum Gasteiger partial charge on any atom is 0.274 e. The lowest BCUT2D eigenvalue weighted by Gasteiger charge is -2.16. The third-order valence-electron chi connectivity index (χ3n) is 4.28. The highest BCUT2D eigenvalue weighted by Gasteiger charge is 2.21. The lowest BCUT2D eigenvalue weighted by Crippen LogP contribution is -2.23. The van der Waals surface area contributed by atoms with E-state index in [1.807, 2.05) is 0 Å². The Kier molecular flexibility index (Phi) is 5.35. The Morgan fingerprint density at radius 2 is 2.00 bits per heavy atom. The normalized spacial score (nSPS) is 13.5. The second-order valence-corrected chi connectivity index (χ2v) is 6.24. The van der Waals surface area contributed by atoms with Gasteiger partial charge in [0.05, 0.1) is 4.92 Å². The van der Waals surface area contributed by atoms with Crippen LogP contribution in [0.5, 0.6) is 5.75 Å². The molecular weight excluding hydrogens is 350 g/mol. The van der Waals surface area contributed by atoms with E-state index in [1.165, 1.54) is 6.07 Å². The van der Waals surface area contributed by atoms with Gasteiger partial charge in [0.2, 0.25) is 5.91 Å². The summed E-state index contributed by atoms with van der Waals surface area (Å²) in [5.41, 5.74) is 1.61. The molecule has 1 saturated heterocycles. The predicted octanol–water partition coefficient (Wildman–Crippen LogP) is 3.05. The van der Waals surface area contributed by atoms with Gasteiger partial charge >= 0.3 is 0 Å². The molecule has 8 nitrogen and oxygen atoms in total. The van der Waals surface area contributed by atoms with E-state index >= 15 is 0 Å². The Hall–Kier alpha value is -3.42. The Balaban J connectivity index is 1.55. The van der Waals surface area contributed by atoms with Crippen LogP contribution in [0.4, 0.5) is 17.1 Å². The van der Waals surface area contributed by atoms with E-state index in [0.717, 1.165) is 12.1 Å². The first kappa shape index (κ1) is 18.4. The molecule has 2 aromatic carbocycles. The van der Waals surface area contributed by atoms with Crippen LogP contribution in [-0.4, -0.2) is 29.9 Å². The first-order valence-corrected chi connectivity index (χ1v) is 8.52. The van der Waals surface area contributed by atoms with Crippen LogP contribution in [0.1, 0.15) is 18.4 Å². The minimum atomic E-state index is -0.492. The fourth-order valence-corrected chi connectivity index (χ4v) is 2.87. The average Bonchev–Trinajstić information content (AvgIpc) is 3.08. The van der Waals surface area contributed by atoms with Gasteiger partial charge in [0.1, 0.15) is 5.75 Å². The SMILES string of the molecule is Cc1ccc(NC(=O)COc2ccc(N3CCCC3=O)cc2)cc1[N+](=O)[O-]. The van der Waals surface area contributed by atoms with Crippen molar-refractivity contribution in [1.82, 2.24) is 0 Å². The monoisotopic (exact) mass is 369 g/mol. The van der Waals surface area contributed by atoms with Gasteiger partial charge in [0, 0.05) is 36.0 Å². The molecule has 0 aromatic heterocycles. The zero-order chi connectivity index (χ0) is 19.4. The summed E-state index contributed by atoms with van der Waals surface area (Å²) in [4.78, 5) is 35.9. The van der Waals surface area contributed by atoms with Crippen molar-refractivity contribution in [3.05, 3.63) is 58.1 Å². The average molecular weight is 369 g/mol. The number of hydrogen-bond acceptors (Lipinski definition) is 5. The van der Waals surface area contributed by atoms with Gasteiger partial charge < -0.3 is 15.0 Å². The summed E-state index contributed by atoms with van der Waals surface area (Å²) in [5, 5.41) is 13.5. The summed E-state index contributed by atoms with van der Waals surface area (Å²) in [6.45, 7) is 2.11. The molecule has 1 fully saturated rings. The number of nitro groups is 1. The first-order chi connectivity index (χ1) is 12.9. The zero-order valence-corrected chi connectivity index (χ0v) is 14.8. The second-order valence-electron chi connectivity index (χ2n) is 6.24. The minimum absolute atomic E-state index is 0.0548. The number of nitro benzene ring substituents is 1. The molecule has 0 atom stereocenters. The smallest absolute Gasteiger partial charge is 0.274 e. The lowest BCUT2D eigenvalue weighted by molar-refractivity contribution is -0.385. The van der Waals surface area contributed by atoms with Crippen molar-refractivity contribution in [2.75, 3.05) is 23.4 Å². The van der Waals surface area contributed by atoms with E-state index in [4.69, 9.17) is 4.74 Å². The van der Waals surface area contributed by atoms with Crippen LogP contribution in [0.25, 0.3) is 0 Å². The minimum Gasteiger partial charge on any atom is -0.484 e. The number of aryl methyl sites for hydroxylation is 1. The Morgan fingerprint density at radius 3 is 2.63 bits per heavy atom. The highest BCUT2D eigenvalue weighted by Crippen LogP contribution is 2.24. The maximum atomic E-state index is 12.0. The molecule has 27 heavy (non-hydrogen) atoms. The summed E-state index contributed by atoms with van der Waals surface area (Å²) >= 11 is 0. The van der Waals surface area contributed by atoms with E-state index in [-0.39, 0.29) is 18.2 Å². The molecule has 0 bridgehead atoms. The number of amides is 2. The molecule has 2 amide bonds. The molecule has 0 saturated carbocycles. The van der Waals surface area contributed by atoms with Gasteiger partial charge in [-0.2, -0.15) is 0 Å². The van der Waals surface area contributed by atoms with Crippen LogP contribution in [-0.2, 0) is 9.59 Å². The van der Waals surface area contributed by atoms with Crippen molar-refractivity contribution in [2.45, 2.75) is 19.8 Å². The number of anilines is 2. The molecule has 140 valence electrons. The number of carbonyl (C=O) groups excluding carboxylic acids is 2. The van der Waals surface area contributed by atoms with E-state index < -0.39 is 10.8 Å². The summed E-state index contributed by atoms with van der Waals surface area (Å²) < 4.78 is 5.44. The van der Waals surface area contributed by atoms with Crippen LogP contribution >= 0.6 is 0 Å². The number of rotatable bonds is 6. The van der Waals surface area contributed by atoms with Gasteiger partial charge in [-0.25, -0.2) is 0 Å². The van der Waals surface area contributed by atoms with Gasteiger partial charge in [0.25, 0.3) is 11.6 Å². The topological polar surface area (TPSA) is 102 Å². The van der Waals surface area contributed by atoms with E-state index in [2.05, 4.69) is 5.32 Å². The van der Waals surface area contributed by atoms with E-state index in [0.29, 0.717) is 30.0 Å². The summed E-state index contributed by atoms with van der Waals surface area (Å²) in [7, 11) is 0. The highest BCUT2D eigenvalue weighted by molar-refractivity contribution is 5.95. The van der Waals surface area contributed by atoms with Crippen molar-refractivity contribution < 1.29 is 19.2 Å². The number of benzene rings is 2. The number of carbonyl (C=O) groups is 2. The summed E-state index contributed by atoms with van der Waals surface area (Å²) in [5.74, 6) is 0.178. The quantitative estimate of drug-likeness (QED) is 0.623. The molecule has 0 spiro atoms. The van der Waals surface area contributed by atoms with Crippen molar-refractivity contribution in [2.24, 2.45) is 0 Å². The van der Waals surface area contributed by atoms with Crippen LogP contribution in [0.3, 0.4) is 0 Å². The van der Waals surface area contributed by atoms with Gasteiger partial charge in [-0.3, -0.25) is 19.7 Å². The fourth-order valence-electron chi connectivity index (χ4n) is 2.87. The molecular formula is C19H19N3O5. The second kappa shape index (κ2) is 7.86. The zero-order valence-electron chi connectivity index (χ0n) is 14.8. The largest absolute Gasteiger partial charge is 0.484 e. The third kappa shape index (κ3) is 4.41. The van der Waals surface area contributed by atoms with Gasteiger partial charge in [-0.15, -0.1) is 0 Å². The number of ether oxygens (including phenoxy) is 1. The van der Waals surface area contributed by atoms with E-state index in [1.54, 1.807) is 48.2 Å². The molecule has 0 radical (unpaired) electrons. The molecule has 1 aliphatic heterocycles. The first-order valence-electron chi connectivity index (χ1n) is 8.52. The fraction of sp³-hybridized carbons (Fsp3) is 0.263. The Morgan fingerprint density at radius 1 is 1.26 bits per heavy atom. The van der Waals surface area contributed by atoms with Gasteiger partial charge in [-0.05, 0) is 43.7 Å². The molecule has 0 unspecified atom stereocenters. The summed E-state index contributed by atoms with van der Waals surface area (Å²) in [6, 6.07) is 11.4. The Labute approximate surface area is 155 Å². The van der Waals surface area contributed by atoms with Crippen LogP contribution in [0.15, 0.2) is 42.5 Å². The number of hydrogen-bond donors (Lipinski definition) is 1. The third-order valence-corrected chi connectivity index (χ3v) is 4.28. The van der Waals surface area contributed by atoms with Gasteiger partial charge in [0.15, 0.2) is 6.61 Å². The Bertz CT molecular complexity index is 879. The van der Waals surface area contributed by atoms with Crippen molar-refractivity contribution >= 4 is 28.9 Å². The van der Waals surface area contributed by atoms with Crippen LogP contribution in [0.2, 0.25) is 0 Å². The van der Waals surface area contributed by atoms with Crippen LogP contribution in [0, 0.1) is 17.0 Å². The molecule has 3 rings (SSSR count). The van der Waals surface area contributed by atoms with Gasteiger partial charge in [-0.1, -0.05) is 6.07 Å². The molecule has 1 N–H and O–H groups in total. The summed E-state index contributed by atoms with van der Waals surface area (Å²) in [6.07, 6.45) is 1.42. The van der Waals surface area contributed by atoms with Crippen molar-refractivity contribution in [3.63, 3.8) is 0 Å². The van der Waals surface area contributed by atoms with Crippen molar-refractivity contribution in [3.8, 4) is 5.75 Å². The molecule has 1 aliphatic rings. The maximum absolute atomic E-state index is 12.0. The molecule has 1 heterocycles. The van der Waals surface area contributed by atoms with Crippen LogP contribution < -0.4 is 15.0 Å². The predicted molar refractivity (Wildman–Crippen MR) is 100.0 cm³/mol. The molecule has 0 aliphatic carbocycles. The molecule has 2 aromatic rings. The molecule has 8 heteroatoms. The standard InChI is InChI=1S/C19H19N3O5/c1-13-4-5-14(11-17(13)22(25)26)20-18(23)12-27-16-8-6-15(7-9-16)21-10-2-3-19(21)24/h4-9,11H,2-3,10,12H2,1H3,(H,20,23). The number of nitrogens with one attached hydrogen (secondary N) is 1. The highest BCUT2D eigenvalue weighted by atomic mass is 16.6. The number of nitrogens with zero attached hydrogens (tertiary/aromatic N) is 2. The van der Waals surface area contributed by atoms with E-state index in [9.17, 15) is 19.7 Å². The van der Waals surface area contributed by atoms with Crippen molar-refractivity contribution in [1.29, 1.82) is 0 Å².